The van der Waals surface area contributed by atoms with Crippen LogP contribution < -0.4 is 5.73 Å². The third-order valence-electron chi connectivity index (χ3n) is 7.03. The van der Waals surface area contributed by atoms with Crippen molar-refractivity contribution in [2.75, 3.05) is 32.4 Å². The van der Waals surface area contributed by atoms with Crippen LogP contribution in [0.15, 0.2) is 18.3 Å². The summed E-state index contributed by atoms with van der Waals surface area (Å²) in [6.07, 6.45) is 7.62. The quantitative estimate of drug-likeness (QED) is 0.673. The lowest BCUT2D eigenvalue weighted by Gasteiger charge is -2.39. The second-order valence-corrected chi connectivity index (χ2v) is 11.0. The highest BCUT2D eigenvalue weighted by Crippen LogP contribution is 2.33. The molecular formula is C22H31N5O4S. The summed E-state index contributed by atoms with van der Waals surface area (Å²) in [5.74, 6) is 0.710. The molecule has 9 nitrogen and oxygen atoms in total. The number of nitrogens with zero attached hydrogens (tertiary/aromatic N) is 3. The minimum Gasteiger partial charge on any atom is -0.366 e. The van der Waals surface area contributed by atoms with Gasteiger partial charge in [0, 0.05) is 38.0 Å². The largest absolute Gasteiger partial charge is 0.366 e. The minimum atomic E-state index is -3.10. The Morgan fingerprint density at radius 1 is 1.09 bits per heavy atom. The Morgan fingerprint density at radius 2 is 1.72 bits per heavy atom. The molecule has 2 aliphatic rings. The van der Waals surface area contributed by atoms with Gasteiger partial charge in [0.1, 0.15) is 0 Å². The third-order valence-corrected chi connectivity index (χ3v) is 8.33. The van der Waals surface area contributed by atoms with Gasteiger partial charge in [0.05, 0.1) is 23.5 Å². The van der Waals surface area contributed by atoms with E-state index in [2.05, 4.69) is 10.2 Å². The number of benzene rings is 1. The standard InChI is InChI=1S/C22H31N5O4S/c1-32(30,31)27-10-6-17(7-11-27)16-4-8-26(9-5-16)20(28)3-2-15-12-18-14-24-25-21(18)19(13-15)22(23)29/h12-14,16-17H,2-11H2,1H3,(H2,23,29)(H,24,25). The van der Waals surface area contributed by atoms with Crippen LogP contribution in [0.2, 0.25) is 0 Å². The molecule has 0 aliphatic carbocycles. The predicted octanol–water partition coefficient (Wildman–Crippen LogP) is 1.50. The number of likely N-dealkylation sites (tertiary alicyclic amines) is 1. The SMILES string of the molecule is CS(=O)(=O)N1CCC(C2CCN(C(=O)CCc3cc(C(N)=O)c4[nH]ncc4c3)CC2)CC1. The van der Waals surface area contributed by atoms with Crippen molar-refractivity contribution in [3.8, 4) is 0 Å². The van der Waals surface area contributed by atoms with Crippen molar-refractivity contribution < 1.29 is 18.0 Å². The van der Waals surface area contributed by atoms with Crippen LogP contribution in [0.4, 0.5) is 0 Å². The van der Waals surface area contributed by atoms with Crippen LogP contribution >= 0.6 is 0 Å². The van der Waals surface area contributed by atoms with E-state index < -0.39 is 15.9 Å². The Kier molecular flexibility index (Phi) is 6.52. The van der Waals surface area contributed by atoms with Crippen molar-refractivity contribution >= 4 is 32.7 Å². The number of hydrogen-bond acceptors (Lipinski definition) is 5. The minimum absolute atomic E-state index is 0.128. The molecule has 0 atom stereocenters. The summed E-state index contributed by atoms with van der Waals surface area (Å²) in [5, 5.41) is 7.58. The van der Waals surface area contributed by atoms with Gasteiger partial charge in [-0.1, -0.05) is 0 Å². The fourth-order valence-electron chi connectivity index (χ4n) is 5.17. The molecule has 2 fully saturated rings. The van der Waals surface area contributed by atoms with Crippen molar-refractivity contribution in [3.05, 3.63) is 29.5 Å². The first kappa shape index (κ1) is 22.7. The molecule has 0 spiro atoms. The molecule has 10 heteroatoms. The Hall–Kier alpha value is -2.46. The van der Waals surface area contributed by atoms with E-state index in [1.807, 2.05) is 11.0 Å². The number of aryl methyl sites for hydroxylation is 1. The summed E-state index contributed by atoms with van der Waals surface area (Å²) in [4.78, 5) is 26.5. The normalized spacial score (nSPS) is 19.5. The number of carbonyl (C=O) groups excluding carboxylic acids is 2. The van der Waals surface area contributed by atoms with Gasteiger partial charge in [0.25, 0.3) is 5.91 Å². The molecule has 32 heavy (non-hydrogen) atoms. The molecule has 2 amide bonds. The molecule has 0 bridgehead atoms. The lowest BCUT2D eigenvalue weighted by atomic mass is 9.79. The van der Waals surface area contributed by atoms with Crippen molar-refractivity contribution in [1.82, 2.24) is 19.4 Å². The van der Waals surface area contributed by atoms with E-state index in [-0.39, 0.29) is 5.91 Å². The number of hydrogen-bond donors (Lipinski definition) is 2. The Labute approximate surface area is 188 Å². The van der Waals surface area contributed by atoms with Gasteiger partial charge >= 0.3 is 0 Å². The number of rotatable bonds is 6. The summed E-state index contributed by atoms with van der Waals surface area (Å²) in [7, 11) is -3.10. The van der Waals surface area contributed by atoms with Crippen molar-refractivity contribution in [1.29, 1.82) is 0 Å². The van der Waals surface area contributed by atoms with Gasteiger partial charge in [-0.2, -0.15) is 5.10 Å². The van der Waals surface area contributed by atoms with Crippen LogP contribution in [0.1, 0.15) is 48.0 Å². The summed E-state index contributed by atoms with van der Waals surface area (Å²) in [6.45, 7) is 2.72. The maximum Gasteiger partial charge on any atom is 0.250 e. The van der Waals surface area contributed by atoms with Gasteiger partial charge in [-0.15, -0.1) is 0 Å². The molecule has 0 saturated carbocycles. The first-order valence-electron chi connectivity index (χ1n) is 11.2. The molecule has 174 valence electrons. The second-order valence-electron chi connectivity index (χ2n) is 9.06. The van der Waals surface area contributed by atoms with Gasteiger partial charge in [0.2, 0.25) is 15.9 Å². The van der Waals surface area contributed by atoms with Crippen molar-refractivity contribution in [3.63, 3.8) is 0 Å². The summed E-state index contributed by atoms with van der Waals surface area (Å²) >= 11 is 0. The van der Waals surface area contributed by atoms with E-state index >= 15 is 0 Å². The molecule has 2 aliphatic heterocycles. The van der Waals surface area contributed by atoms with Gasteiger partial charge in [0.15, 0.2) is 0 Å². The molecule has 0 radical (unpaired) electrons. The highest BCUT2D eigenvalue weighted by Gasteiger charge is 2.32. The van der Waals surface area contributed by atoms with Crippen LogP contribution in [-0.2, 0) is 21.2 Å². The molecular weight excluding hydrogens is 430 g/mol. The first-order valence-corrected chi connectivity index (χ1v) is 13.1. The number of primary amides is 1. The Balaban J connectivity index is 1.27. The zero-order valence-electron chi connectivity index (χ0n) is 18.4. The molecule has 1 aromatic carbocycles. The number of piperidine rings is 2. The van der Waals surface area contributed by atoms with E-state index in [9.17, 15) is 18.0 Å². The lowest BCUT2D eigenvalue weighted by molar-refractivity contribution is -0.132. The predicted molar refractivity (Wildman–Crippen MR) is 121 cm³/mol. The molecule has 4 rings (SSSR count). The van der Waals surface area contributed by atoms with Crippen LogP contribution in [0.25, 0.3) is 10.9 Å². The molecule has 1 aromatic heterocycles. The highest BCUT2D eigenvalue weighted by atomic mass is 32.2. The molecule has 0 unspecified atom stereocenters. The van der Waals surface area contributed by atoms with E-state index in [4.69, 9.17) is 5.73 Å². The van der Waals surface area contributed by atoms with Crippen molar-refractivity contribution in [2.45, 2.75) is 38.5 Å². The van der Waals surface area contributed by atoms with Crippen LogP contribution in [-0.4, -0.2) is 72.1 Å². The maximum absolute atomic E-state index is 12.8. The van der Waals surface area contributed by atoms with Gasteiger partial charge < -0.3 is 10.6 Å². The number of H-pyrrole nitrogens is 1. The van der Waals surface area contributed by atoms with E-state index in [1.54, 1.807) is 16.6 Å². The summed E-state index contributed by atoms with van der Waals surface area (Å²) < 4.78 is 25.0. The molecule has 2 saturated heterocycles. The number of aromatic nitrogens is 2. The second kappa shape index (κ2) is 9.19. The van der Waals surface area contributed by atoms with E-state index in [0.29, 0.717) is 48.8 Å². The molecule has 3 N–H and O–H groups in total. The third kappa shape index (κ3) is 4.96. The Morgan fingerprint density at radius 3 is 2.31 bits per heavy atom. The first-order chi connectivity index (χ1) is 15.2. The van der Waals surface area contributed by atoms with E-state index in [1.165, 1.54) is 6.26 Å². The molecule has 2 aromatic rings. The van der Waals surface area contributed by atoms with Crippen molar-refractivity contribution in [2.24, 2.45) is 17.6 Å². The number of amides is 2. The average molecular weight is 462 g/mol. The van der Waals surface area contributed by atoms with Crippen LogP contribution in [0, 0.1) is 11.8 Å². The Bertz CT molecular complexity index is 1100. The number of fused-ring (bicyclic) bond motifs is 1. The fraction of sp³-hybridized carbons (Fsp3) is 0.591. The average Bonchev–Trinajstić information content (AvgIpc) is 3.25. The van der Waals surface area contributed by atoms with Gasteiger partial charge in [-0.25, -0.2) is 12.7 Å². The zero-order valence-corrected chi connectivity index (χ0v) is 19.2. The number of carbonyl (C=O) groups is 2. The smallest absolute Gasteiger partial charge is 0.250 e. The van der Waals surface area contributed by atoms with Gasteiger partial charge in [-0.05, 0) is 61.6 Å². The number of aromatic amines is 1. The summed E-state index contributed by atoms with van der Waals surface area (Å²) in [5.41, 5.74) is 7.40. The monoisotopic (exact) mass is 461 g/mol. The van der Waals surface area contributed by atoms with Gasteiger partial charge in [-0.3, -0.25) is 14.7 Å². The fourth-order valence-corrected chi connectivity index (χ4v) is 6.04. The molecule has 3 heterocycles. The number of nitrogens with two attached hydrogens (primary N) is 1. The van der Waals surface area contributed by atoms with E-state index in [0.717, 1.165) is 49.7 Å². The zero-order chi connectivity index (χ0) is 22.9. The topological polar surface area (TPSA) is 129 Å². The van der Waals surface area contributed by atoms with Crippen LogP contribution in [0.5, 0.6) is 0 Å². The maximum atomic E-state index is 12.8. The lowest BCUT2D eigenvalue weighted by Crippen LogP contribution is -2.43. The summed E-state index contributed by atoms with van der Waals surface area (Å²) in [6, 6.07) is 3.68. The van der Waals surface area contributed by atoms with Crippen LogP contribution in [0.3, 0.4) is 0 Å². The number of sulfonamides is 1. The highest BCUT2D eigenvalue weighted by molar-refractivity contribution is 7.88. The number of nitrogens with one attached hydrogen (secondary N) is 1.